The van der Waals surface area contributed by atoms with Crippen molar-refractivity contribution >= 4 is 11.8 Å². The Bertz CT molecular complexity index is 320. The number of carbonyl (C=O) groups excluding carboxylic acids is 1. The molecule has 0 aliphatic heterocycles. The predicted octanol–water partition coefficient (Wildman–Crippen LogP) is 0.0202. The fourth-order valence-corrected chi connectivity index (χ4v) is 1.10. The third kappa shape index (κ3) is 2.46. The maximum Gasteiger partial charge on any atom is 0.320 e. The Hall–Kier alpha value is -1.56. The van der Waals surface area contributed by atoms with Crippen molar-refractivity contribution in [3.63, 3.8) is 0 Å². The largest absolute Gasteiger partial charge is 0.338 e. The first-order valence-electron chi connectivity index (χ1n) is 4.44. The number of aromatic nitrogens is 2. The molecular weight excluding hydrogens is 182 g/mol. The summed E-state index contributed by atoms with van der Waals surface area (Å²) in [6.45, 7) is 2.79. The summed E-state index contributed by atoms with van der Waals surface area (Å²) < 4.78 is 1.61. The predicted molar refractivity (Wildman–Crippen MR) is 53.8 cm³/mol. The van der Waals surface area contributed by atoms with Crippen LogP contribution in [0.4, 0.5) is 10.6 Å². The molecule has 4 N–H and O–H groups in total. The molecule has 0 spiro atoms. The molecule has 14 heavy (non-hydrogen) atoms. The maximum atomic E-state index is 11.2. The van der Waals surface area contributed by atoms with Crippen LogP contribution in [0.5, 0.6) is 0 Å². The highest BCUT2D eigenvalue weighted by Gasteiger charge is 2.08. The molecule has 0 bridgehead atoms. The van der Waals surface area contributed by atoms with Crippen molar-refractivity contribution in [1.82, 2.24) is 15.1 Å². The first-order valence-corrected chi connectivity index (χ1v) is 4.44. The van der Waals surface area contributed by atoms with Crippen molar-refractivity contribution < 1.29 is 4.79 Å². The summed E-state index contributed by atoms with van der Waals surface area (Å²) in [5, 5.41) is 9.30. The molecule has 78 valence electrons. The van der Waals surface area contributed by atoms with Gasteiger partial charge in [-0.2, -0.15) is 5.10 Å². The highest BCUT2D eigenvalue weighted by molar-refractivity contribution is 5.88. The van der Waals surface area contributed by atoms with Gasteiger partial charge in [-0.25, -0.2) is 4.79 Å². The SMILES string of the molecule is CCNC(=O)Nc1nn(C)cc1CN. The summed E-state index contributed by atoms with van der Waals surface area (Å²) in [5.74, 6) is 0.515. The van der Waals surface area contributed by atoms with Gasteiger partial charge in [0.15, 0.2) is 5.82 Å². The Kier molecular flexibility index (Phi) is 3.47. The van der Waals surface area contributed by atoms with Crippen molar-refractivity contribution in [2.75, 3.05) is 11.9 Å². The van der Waals surface area contributed by atoms with Crippen molar-refractivity contribution in [3.8, 4) is 0 Å². The average Bonchev–Trinajstić information content (AvgIpc) is 2.46. The molecule has 0 saturated carbocycles. The Morgan fingerprint density at radius 2 is 2.43 bits per heavy atom. The molecule has 1 aromatic heterocycles. The van der Waals surface area contributed by atoms with E-state index in [1.165, 1.54) is 0 Å². The Morgan fingerprint density at radius 3 is 3.00 bits per heavy atom. The van der Waals surface area contributed by atoms with Crippen LogP contribution in [-0.2, 0) is 13.6 Å². The van der Waals surface area contributed by atoms with Crippen molar-refractivity contribution in [2.24, 2.45) is 12.8 Å². The lowest BCUT2D eigenvalue weighted by Gasteiger charge is -2.03. The number of anilines is 1. The quantitative estimate of drug-likeness (QED) is 0.638. The van der Waals surface area contributed by atoms with Gasteiger partial charge in [0.1, 0.15) is 0 Å². The summed E-state index contributed by atoms with van der Waals surface area (Å²) in [6, 6.07) is -0.263. The fraction of sp³-hybridized carbons (Fsp3) is 0.500. The topological polar surface area (TPSA) is 85.0 Å². The average molecular weight is 197 g/mol. The summed E-state index contributed by atoms with van der Waals surface area (Å²) >= 11 is 0. The number of aryl methyl sites for hydroxylation is 1. The zero-order valence-electron chi connectivity index (χ0n) is 8.37. The lowest BCUT2D eigenvalue weighted by Crippen LogP contribution is -2.28. The minimum absolute atomic E-state index is 0.263. The van der Waals surface area contributed by atoms with E-state index in [4.69, 9.17) is 5.73 Å². The molecule has 0 aromatic carbocycles. The van der Waals surface area contributed by atoms with Crippen LogP contribution in [0.25, 0.3) is 0 Å². The Morgan fingerprint density at radius 1 is 1.71 bits per heavy atom. The van der Waals surface area contributed by atoms with Crippen molar-refractivity contribution in [1.29, 1.82) is 0 Å². The van der Waals surface area contributed by atoms with E-state index in [1.54, 1.807) is 17.9 Å². The van der Waals surface area contributed by atoms with E-state index in [0.717, 1.165) is 5.56 Å². The molecule has 0 aliphatic rings. The normalized spacial score (nSPS) is 9.93. The van der Waals surface area contributed by atoms with Crippen LogP contribution in [-0.4, -0.2) is 22.4 Å². The molecule has 1 aromatic rings. The molecule has 0 atom stereocenters. The lowest BCUT2D eigenvalue weighted by molar-refractivity contribution is 0.252. The molecular formula is C8H15N5O. The lowest BCUT2D eigenvalue weighted by atomic mass is 10.3. The molecule has 0 fully saturated rings. The first-order chi connectivity index (χ1) is 6.67. The van der Waals surface area contributed by atoms with E-state index in [-0.39, 0.29) is 6.03 Å². The van der Waals surface area contributed by atoms with Crippen molar-refractivity contribution in [3.05, 3.63) is 11.8 Å². The molecule has 0 aliphatic carbocycles. The second-order valence-electron chi connectivity index (χ2n) is 2.87. The van der Waals surface area contributed by atoms with E-state index in [1.807, 2.05) is 6.92 Å². The second-order valence-corrected chi connectivity index (χ2v) is 2.87. The van der Waals surface area contributed by atoms with Gasteiger partial charge < -0.3 is 11.1 Å². The Labute approximate surface area is 82.5 Å². The van der Waals surface area contributed by atoms with Crippen LogP contribution in [0.3, 0.4) is 0 Å². The fourth-order valence-electron chi connectivity index (χ4n) is 1.10. The summed E-state index contributed by atoms with van der Waals surface area (Å²) in [7, 11) is 1.78. The zero-order valence-corrected chi connectivity index (χ0v) is 8.37. The Balaban J connectivity index is 2.70. The number of amides is 2. The third-order valence-corrected chi connectivity index (χ3v) is 1.69. The van der Waals surface area contributed by atoms with Gasteiger partial charge in [-0.1, -0.05) is 0 Å². The van der Waals surface area contributed by atoms with Gasteiger partial charge in [-0.15, -0.1) is 0 Å². The minimum atomic E-state index is -0.263. The van der Waals surface area contributed by atoms with Gasteiger partial charge in [0.25, 0.3) is 0 Å². The summed E-state index contributed by atoms with van der Waals surface area (Å²) in [6.07, 6.45) is 1.78. The first kappa shape index (κ1) is 10.5. The molecule has 2 amide bonds. The number of urea groups is 1. The molecule has 1 heterocycles. The minimum Gasteiger partial charge on any atom is -0.338 e. The van der Waals surface area contributed by atoms with E-state index in [2.05, 4.69) is 15.7 Å². The van der Waals surface area contributed by atoms with Crippen molar-refractivity contribution in [2.45, 2.75) is 13.5 Å². The van der Waals surface area contributed by atoms with Gasteiger partial charge in [-0.05, 0) is 6.92 Å². The smallest absolute Gasteiger partial charge is 0.320 e. The molecule has 0 saturated heterocycles. The van der Waals surface area contributed by atoms with Gasteiger partial charge in [0, 0.05) is 31.9 Å². The number of rotatable bonds is 3. The molecule has 0 radical (unpaired) electrons. The van der Waals surface area contributed by atoms with Gasteiger partial charge in [0.05, 0.1) is 0 Å². The third-order valence-electron chi connectivity index (χ3n) is 1.69. The van der Waals surface area contributed by atoms with Gasteiger partial charge >= 0.3 is 6.03 Å². The monoisotopic (exact) mass is 197 g/mol. The number of hydrogen-bond donors (Lipinski definition) is 3. The summed E-state index contributed by atoms with van der Waals surface area (Å²) in [5.41, 5.74) is 6.31. The van der Waals surface area contributed by atoms with E-state index >= 15 is 0 Å². The van der Waals surface area contributed by atoms with Crippen LogP contribution in [0.2, 0.25) is 0 Å². The number of nitrogens with zero attached hydrogens (tertiary/aromatic N) is 2. The number of nitrogens with two attached hydrogens (primary N) is 1. The molecule has 0 unspecified atom stereocenters. The zero-order chi connectivity index (χ0) is 10.6. The molecule has 6 nitrogen and oxygen atoms in total. The van der Waals surface area contributed by atoms with Crippen LogP contribution in [0.1, 0.15) is 12.5 Å². The second kappa shape index (κ2) is 4.61. The van der Waals surface area contributed by atoms with Gasteiger partial charge in [0.2, 0.25) is 0 Å². The van der Waals surface area contributed by atoms with Crippen LogP contribution in [0.15, 0.2) is 6.20 Å². The van der Waals surface area contributed by atoms with Crippen LogP contribution in [0, 0.1) is 0 Å². The van der Waals surface area contributed by atoms with E-state index in [0.29, 0.717) is 18.9 Å². The van der Waals surface area contributed by atoms with Gasteiger partial charge in [-0.3, -0.25) is 10.00 Å². The summed E-state index contributed by atoms with van der Waals surface area (Å²) in [4.78, 5) is 11.2. The molecule has 6 heteroatoms. The van der Waals surface area contributed by atoms with E-state index in [9.17, 15) is 4.79 Å². The molecule has 1 rings (SSSR count). The highest BCUT2D eigenvalue weighted by atomic mass is 16.2. The van der Waals surface area contributed by atoms with E-state index < -0.39 is 0 Å². The van der Waals surface area contributed by atoms with Crippen LogP contribution >= 0.6 is 0 Å². The highest BCUT2D eigenvalue weighted by Crippen LogP contribution is 2.10. The number of hydrogen-bond acceptors (Lipinski definition) is 3. The number of carbonyl (C=O) groups is 1. The van der Waals surface area contributed by atoms with Crippen LogP contribution < -0.4 is 16.4 Å². The maximum absolute atomic E-state index is 11.2. The standard InChI is InChI=1S/C8H15N5O/c1-3-10-8(14)11-7-6(4-9)5-13(2)12-7/h5H,3-4,9H2,1-2H3,(H2,10,11,12,14). The number of nitrogens with one attached hydrogen (secondary N) is 2.